The van der Waals surface area contributed by atoms with Crippen LogP contribution in [0.25, 0.3) is 0 Å². The molecule has 8 heteroatoms. The molecule has 6 nitrogen and oxygen atoms in total. The van der Waals surface area contributed by atoms with Crippen molar-refractivity contribution in [2.75, 3.05) is 6.61 Å². The molecule has 0 heterocycles. The van der Waals surface area contributed by atoms with Gasteiger partial charge in [-0.1, -0.05) is 0 Å². The molecule has 0 saturated heterocycles. The summed E-state index contributed by atoms with van der Waals surface area (Å²) >= 11 is 0. The van der Waals surface area contributed by atoms with Crippen molar-refractivity contribution in [3.63, 3.8) is 0 Å². The van der Waals surface area contributed by atoms with E-state index >= 15 is 0 Å². The van der Waals surface area contributed by atoms with Gasteiger partial charge < -0.3 is 10.2 Å². The van der Waals surface area contributed by atoms with Gasteiger partial charge in [0.05, 0.1) is 11.5 Å². The number of halogens is 1. The molecule has 3 N–H and O–H groups in total. The lowest BCUT2D eigenvalue weighted by Crippen LogP contribution is -2.43. The Labute approximate surface area is 103 Å². The Hall–Kier alpha value is -1.51. The molecule has 1 rings (SSSR count). The molecule has 0 fully saturated rings. The van der Waals surface area contributed by atoms with E-state index < -0.39 is 34.5 Å². The van der Waals surface area contributed by atoms with Crippen molar-refractivity contribution in [3.8, 4) is 0 Å². The first-order valence-electron chi connectivity index (χ1n) is 4.90. The first-order valence-corrected chi connectivity index (χ1v) is 6.38. The van der Waals surface area contributed by atoms with Crippen LogP contribution in [0.4, 0.5) is 4.39 Å². The van der Waals surface area contributed by atoms with Crippen LogP contribution in [0, 0.1) is 12.7 Å². The van der Waals surface area contributed by atoms with Gasteiger partial charge in [-0.15, -0.1) is 0 Å². The number of carboxylic acid groups (broad SMARTS) is 1. The minimum atomic E-state index is -4.12. The minimum absolute atomic E-state index is 0.143. The molecular formula is C10H12FNO5S. The van der Waals surface area contributed by atoms with E-state index in [-0.39, 0.29) is 10.5 Å². The van der Waals surface area contributed by atoms with Crippen LogP contribution in [0.3, 0.4) is 0 Å². The fourth-order valence-corrected chi connectivity index (χ4v) is 2.74. The fraction of sp³-hybridized carbons (Fsp3) is 0.300. The molecule has 0 amide bonds. The van der Waals surface area contributed by atoms with Gasteiger partial charge in [-0.2, -0.15) is 4.72 Å². The van der Waals surface area contributed by atoms with Gasteiger partial charge in [0, 0.05) is 0 Å². The maximum Gasteiger partial charge on any atom is 0.324 e. The number of hydrogen-bond donors (Lipinski definition) is 3. The summed E-state index contributed by atoms with van der Waals surface area (Å²) in [7, 11) is -4.12. The molecule has 0 radical (unpaired) electrons. The average Bonchev–Trinajstić information content (AvgIpc) is 2.24. The van der Waals surface area contributed by atoms with Crippen molar-refractivity contribution in [2.24, 2.45) is 0 Å². The summed E-state index contributed by atoms with van der Waals surface area (Å²) in [5.41, 5.74) is 0.143. The van der Waals surface area contributed by atoms with Gasteiger partial charge in [0.15, 0.2) is 0 Å². The van der Waals surface area contributed by atoms with Crippen molar-refractivity contribution >= 4 is 16.0 Å². The number of carboxylic acids is 1. The molecule has 1 unspecified atom stereocenters. The summed E-state index contributed by atoms with van der Waals surface area (Å²) in [6.45, 7) is 0.501. The Balaban J connectivity index is 3.10. The summed E-state index contributed by atoms with van der Waals surface area (Å²) in [6.07, 6.45) is 0. The average molecular weight is 277 g/mol. The highest BCUT2D eigenvalue weighted by Crippen LogP contribution is 2.16. The first kappa shape index (κ1) is 14.6. The second-order valence-electron chi connectivity index (χ2n) is 3.60. The highest BCUT2D eigenvalue weighted by Gasteiger charge is 2.25. The summed E-state index contributed by atoms with van der Waals surface area (Å²) in [5.74, 6) is -2.09. The Morgan fingerprint density at radius 1 is 1.50 bits per heavy atom. The van der Waals surface area contributed by atoms with Crippen molar-refractivity contribution < 1.29 is 27.8 Å². The van der Waals surface area contributed by atoms with Crippen LogP contribution in [0.5, 0.6) is 0 Å². The van der Waals surface area contributed by atoms with Gasteiger partial charge in [0.2, 0.25) is 10.0 Å². The van der Waals surface area contributed by atoms with Crippen molar-refractivity contribution in [3.05, 3.63) is 29.6 Å². The molecule has 0 aliphatic carbocycles. The highest BCUT2D eigenvalue weighted by atomic mass is 32.2. The Bertz CT molecular complexity index is 557. The Kier molecular flexibility index (Phi) is 4.38. The van der Waals surface area contributed by atoms with Gasteiger partial charge in [0.25, 0.3) is 0 Å². The quantitative estimate of drug-likeness (QED) is 0.695. The van der Waals surface area contributed by atoms with Crippen molar-refractivity contribution in [1.29, 1.82) is 0 Å². The van der Waals surface area contributed by atoms with Crippen LogP contribution in [0.2, 0.25) is 0 Å². The largest absolute Gasteiger partial charge is 0.480 e. The summed E-state index contributed by atoms with van der Waals surface area (Å²) in [4.78, 5) is 10.4. The Morgan fingerprint density at radius 2 is 2.11 bits per heavy atom. The van der Waals surface area contributed by atoms with E-state index in [1.54, 1.807) is 0 Å². The van der Waals surface area contributed by atoms with Crippen LogP contribution in [-0.4, -0.2) is 37.2 Å². The van der Waals surface area contributed by atoms with Gasteiger partial charge in [-0.05, 0) is 30.7 Å². The van der Waals surface area contributed by atoms with E-state index in [0.29, 0.717) is 0 Å². The molecule has 0 spiro atoms. The third-order valence-corrected chi connectivity index (χ3v) is 3.84. The molecule has 1 aromatic rings. The number of carbonyl (C=O) groups is 1. The standard InChI is InChI=1S/C10H12FNO5S/c1-6-4-7(11)2-3-9(6)18(16,17)12-8(5-13)10(14)15/h2-4,8,12-13H,5H2,1H3,(H,14,15). The lowest BCUT2D eigenvalue weighted by molar-refractivity contribution is -0.139. The van der Waals surface area contributed by atoms with Crippen molar-refractivity contribution in [1.82, 2.24) is 4.72 Å². The third-order valence-electron chi connectivity index (χ3n) is 2.20. The summed E-state index contributed by atoms with van der Waals surface area (Å²) < 4.78 is 38.3. The first-order chi connectivity index (χ1) is 8.27. The molecule has 0 bridgehead atoms. The highest BCUT2D eigenvalue weighted by molar-refractivity contribution is 7.89. The van der Waals surface area contributed by atoms with Crippen LogP contribution in [0.15, 0.2) is 23.1 Å². The van der Waals surface area contributed by atoms with Gasteiger partial charge in [0.1, 0.15) is 11.9 Å². The Morgan fingerprint density at radius 3 is 2.56 bits per heavy atom. The molecule has 0 aliphatic rings. The summed E-state index contributed by atoms with van der Waals surface area (Å²) in [6, 6.07) is 1.36. The molecule has 0 aliphatic heterocycles. The zero-order chi connectivity index (χ0) is 13.9. The van der Waals surface area contributed by atoms with Crippen LogP contribution < -0.4 is 4.72 Å². The molecule has 0 saturated carbocycles. The number of sulfonamides is 1. The van der Waals surface area contributed by atoms with E-state index in [1.807, 2.05) is 4.72 Å². The maximum absolute atomic E-state index is 12.8. The van der Waals surface area contributed by atoms with E-state index in [9.17, 15) is 17.6 Å². The lowest BCUT2D eigenvalue weighted by Gasteiger charge is -2.13. The minimum Gasteiger partial charge on any atom is -0.480 e. The number of aliphatic hydroxyl groups is 1. The number of benzene rings is 1. The topological polar surface area (TPSA) is 104 Å². The number of aliphatic carboxylic acids is 1. The van der Waals surface area contributed by atoms with Crippen LogP contribution >= 0.6 is 0 Å². The van der Waals surface area contributed by atoms with Gasteiger partial charge in [-0.3, -0.25) is 4.79 Å². The van der Waals surface area contributed by atoms with Gasteiger partial charge in [-0.25, -0.2) is 12.8 Å². The summed E-state index contributed by atoms with van der Waals surface area (Å²) in [5, 5.41) is 17.4. The maximum atomic E-state index is 12.8. The second-order valence-corrected chi connectivity index (χ2v) is 5.29. The van der Waals surface area contributed by atoms with Gasteiger partial charge >= 0.3 is 5.97 Å². The third kappa shape index (κ3) is 3.25. The van der Waals surface area contributed by atoms with Crippen molar-refractivity contribution in [2.45, 2.75) is 17.9 Å². The molecule has 1 aromatic carbocycles. The lowest BCUT2D eigenvalue weighted by atomic mass is 10.2. The fourth-order valence-electron chi connectivity index (χ4n) is 1.33. The molecule has 18 heavy (non-hydrogen) atoms. The molecular weight excluding hydrogens is 265 g/mol. The van der Waals surface area contributed by atoms with E-state index in [4.69, 9.17) is 10.2 Å². The van der Waals surface area contributed by atoms with E-state index in [2.05, 4.69) is 0 Å². The van der Waals surface area contributed by atoms with Crippen LogP contribution in [-0.2, 0) is 14.8 Å². The zero-order valence-electron chi connectivity index (χ0n) is 9.42. The zero-order valence-corrected chi connectivity index (χ0v) is 10.2. The molecule has 100 valence electrons. The number of nitrogens with one attached hydrogen (secondary N) is 1. The number of hydrogen-bond acceptors (Lipinski definition) is 4. The molecule has 1 atom stereocenters. The normalized spacial score (nSPS) is 13.3. The van der Waals surface area contributed by atoms with E-state index in [1.165, 1.54) is 6.92 Å². The number of rotatable bonds is 5. The predicted octanol–water partition coefficient (Wildman–Crippen LogP) is -0.142. The smallest absolute Gasteiger partial charge is 0.324 e. The van der Waals surface area contributed by atoms with Crippen LogP contribution in [0.1, 0.15) is 5.56 Å². The van der Waals surface area contributed by atoms with E-state index in [0.717, 1.165) is 18.2 Å². The second kappa shape index (κ2) is 5.42. The molecule has 0 aromatic heterocycles. The SMILES string of the molecule is Cc1cc(F)ccc1S(=O)(=O)NC(CO)C(=O)O. The monoisotopic (exact) mass is 277 g/mol. The number of aryl methyl sites for hydroxylation is 1. The predicted molar refractivity (Wildman–Crippen MR) is 60.0 cm³/mol. The number of aliphatic hydroxyl groups excluding tert-OH is 1.